The largest absolute Gasteiger partial charge is 0.480 e. The number of nitriles is 1. The molecule has 25 heavy (non-hydrogen) atoms. The van der Waals surface area contributed by atoms with E-state index < -0.39 is 0 Å². The van der Waals surface area contributed by atoms with E-state index >= 15 is 0 Å². The van der Waals surface area contributed by atoms with Crippen molar-refractivity contribution < 1.29 is 4.74 Å². The third kappa shape index (κ3) is 2.85. The normalized spacial score (nSPS) is 15.3. The summed E-state index contributed by atoms with van der Waals surface area (Å²) >= 11 is 0. The van der Waals surface area contributed by atoms with Crippen LogP contribution in [0.25, 0.3) is 5.65 Å². The maximum atomic E-state index is 8.87. The second kappa shape index (κ2) is 6.36. The van der Waals surface area contributed by atoms with Gasteiger partial charge in [-0.3, -0.25) is 0 Å². The van der Waals surface area contributed by atoms with Crippen LogP contribution in [0.4, 0.5) is 5.82 Å². The van der Waals surface area contributed by atoms with Gasteiger partial charge in [-0.15, -0.1) is 15.3 Å². The quantitative estimate of drug-likeness (QED) is 0.720. The number of aromatic nitrogens is 5. The minimum atomic E-state index is 0.296. The molecule has 4 heterocycles. The molecule has 3 aromatic rings. The second-order valence-electron chi connectivity index (χ2n) is 5.98. The number of fused-ring (bicyclic) bond motifs is 1. The fraction of sp³-hybridized carbons (Fsp3) is 0.353. The average Bonchev–Trinajstić information content (AvgIpc) is 3.11. The summed E-state index contributed by atoms with van der Waals surface area (Å²) in [6, 6.07) is 9.44. The van der Waals surface area contributed by atoms with Crippen LogP contribution in [0.5, 0.6) is 5.88 Å². The molecule has 0 amide bonds. The Bertz CT molecular complexity index is 920. The van der Waals surface area contributed by atoms with E-state index in [1.165, 1.54) is 0 Å². The highest BCUT2D eigenvalue weighted by Gasteiger charge is 2.25. The molecule has 0 spiro atoms. The lowest BCUT2D eigenvalue weighted by molar-refractivity contribution is 0.387. The topological polar surface area (TPSA) is 92.2 Å². The molecule has 0 saturated carbocycles. The van der Waals surface area contributed by atoms with Crippen LogP contribution in [-0.4, -0.2) is 45.0 Å². The van der Waals surface area contributed by atoms with E-state index in [2.05, 4.69) is 31.2 Å². The van der Waals surface area contributed by atoms with Crippen molar-refractivity contribution in [1.29, 1.82) is 5.26 Å². The molecular formula is C17H17N7O. The fourth-order valence-electron chi connectivity index (χ4n) is 3.16. The zero-order valence-corrected chi connectivity index (χ0v) is 13.8. The smallest absolute Gasteiger partial charge is 0.231 e. The molecule has 0 radical (unpaired) electrons. The molecule has 1 aliphatic rings. The van der Waals surface area contributed by atoms with Crippen LogP contribution >= 0.6 is 0 Å². The number of nitrogens with zero attached hydrogens (tertiary/aromatic N) is 7. The Hall–Kier alpha value is -3.21. The molecule has 1 saturated heterocycles. The van der Waals surface area contributed by atoms with Crippen LogP contribution in [0.2, 0.25) is 0 Å². The Morgan fingerprint density at radius 3 is 2.68 bits per heavy atom. The standard InChI is InChI=1S/C17H17N7O/c1-25-16-5-4-15-20-21-17(24(15)22-16)13-6-8-23(9-7-13)14-3-2-12(10-18)11-19-14/h2-5,11,13H,6-9H2,1H3. The third-order valence-corrected chi connectivity index (χ3v) is 4.53. The molecule has 3 aromatic heterocycles. The Morgan fingerprint density at radius 2 is 2.00 bits per heavy atom. The summed E-state index contributed by atoms with van der Waals surface area (Å²) in [5.41, 5.74) is 1.31. The predicted molar refractivity (Wildman–Crippen MR) is 90.5 cm³/mol. The minimum absolute atomic E-state index is 0.296. The summed E-state index contributed by atoms with van der Waals surface area (Å²) < 4.78 is 6.98. The van der Waals surface area contributed by atoms with Crippen molar-refractivity contribution in [2.45, 2.75) is 18.8 Å². The number of rotatable bonds is 3. The van der Waals surface area contributed by atoms with E-state index in [9.17, 15) is 0 Å². The summed E-state index contributed by atoms with van der Waals surface area (Å²) in [6.07, 6.45) is 3.51. The SMILES string of the molecule is COc1ccc2nnc(C3CCN(c4ccc(C#N)cn4)CC3)n2n1. The summed E-state index contributed by atoms with van der Waals surface area (Å²) in [5, 5.41) is 21.9. The number of pyridine rings is 1. The molecule has 126 valence electrons. The highest BCUT2D eigenvalue weighted by Crippen LogP contribution is 2.29. The Morgan fingerprint density at radius 1 is 1.16 bits per heavy atom. The molecule has 0 bridgehead atoms. The van der Waals surface area contributed by atoms with Gasteiger partial charge in [-0.25, -0.2) is 4.98 Å². The van der Waals surface area contributed by atoms with Gasteiger partial charge in [0.2, 0.25) is 5.88 Å². The monoisotopic (exact) mass is 335 g/mol. The molecule has 0 N–H and O–H groups in total. The van der Waals surface area contributed by atoms with Gasteiger partial charge < -0.3 is 9.64 Å². The lowest BCUT2D eigenvalue weighted by atomic mass is 9.96. The van der Waals surface area contributed by atoms with E-state index in [0.717, 1.165) is 43.2 Å². The molecule has 0 aromatic carbocycles. The average molecular weight is 335 g/mol. The van der Waals surface area contributed by atoms with E-state index in [-0.39, 0.29) is 0 Å². The molecule has 1 aliphatic heterocycles. The summed E-state index contributed by atoms with van der Waals surface area (Å²) in [5.74, 6) is 2.63. The van der Waals surface area contributed by atoms with Gasteiger partial charge in [0.05, 0.1) is 12.7 Å². The number of hydrogen-bond donors (Lipinski definition) is 0. The Labute approximate surface area is 144 Å². The number of ether oxygens (including phenoxy) is 1. The van der Waals surface area contributed by atoms with Crippen LogP contribution in [0.3, 0.4) is 0 Å². The summed E-state index contributed by atoms with van der Waals surface area (Å²) in [6.45, 7) is 1.75. The highest BCUT2D eigenvalue weighted by molar-refractivity contribution is 5.43. The van der Waals surface area contributed by atoms with E-state index in [1.807, 2.05) is 12.1 Å². The van der Waals surface area contributed by atoms with Crippen LogP contribution in [0.1, 0.15) is 30.1 Å². The van der Waals surface area contributed by atoms with Crippen molar-refractivity contribution in [2.24, 2.45) is 0 Å². The molecular weight excluding hydrogens is 318 g/mol. The van der Waals surface area contributed by atoms with Crippen LogP contribution in [0, 0.1) is 11.3 Å². The van der Waals surface area contributed by atoms with Gasteiger partial charge in [0.25, 0.3) is 0 Å². The van der Waals surface area contributed by atoms with Gasteiger partial charge in [-0.2, -0.15) is 9.78 Å². The molecule has 1 fully saturated rings. The fourth-order valence-corrected chi connectivity index (χ4v) is 3.16. The number of methoxy groups -OCH3 is 1. The zero-order chi connectivity index (χ0) is 17.2. The molecule has 8 heteroatoms. The first-order chi connectivity index (χ1) is 12.3. The van der Waals surface area contributed by atoms with Gasteiger partial charge in [0.15, 0.2) is 11.5 Å². The van der Waals surface area contributed by atoms with Crippen LogP contribution < -0.4 is 9.64 Å². The third-order valence-electron chi connectivity index (χ3n) is 4.53. The maximum absolute atomic E-state index is 8.87. The first kappa shape index (κ1) is 15.3. The van der Waals surface area contributed by atoms with Crippen molar-refractivity contribution in [3.63, 3.8) is 0 Å². The molecule has 8 nitrogen and oxygen atoms in total. The van der Waals surface area contributed by atoms with Gasteiger partial charge in [0.1, 0.15) is 11.9 Å². The van der Waals surface area contributed by atoms with Crippen LogP contribution in [-0.2, 0) is 0 Å². The first-order valence-electron chi connectivity index (χ1n) is 8.16. The molecule has 0 unspecified atom stereocenters. The first-order valence-corrected chi connectivity index (χ1v) is 8.16. The number of anilines is 1. The van der Waals surface area contributed by atoms with E-state index in [1.54, 1.807) is 30.0 Å². The van der Waals surface area contributed by atoms with Crippen molar-refractivity contribution in [3.8, 4) is 11.9 Å². The summed E-state index contributed by atoms with van der Waals surface area (Å²) in [7, 11) is 1.60. The van der Waals surface area contributed by atoms with Gasteiger partial charge >= 0.3 is 0 Å². The maximum Gasteiger partial charge on any atom is 0.231 e. The van der Waals surface area contributed by atoms with Crippen molar-refractivity contribution in [3.05, 3.63) is 41.9 Å². The van der Waals surface area contributed by atoms with E-state index in [4.69, 9.17) is 10.00 Å². The molecule has 4 rings (SSSR count). The lowest BCUT2D eigenvalue weighted by Gasteiger charge is -2.31. The summed E-state index contributed by atoms with van der Waals surface area (Å²) in [4.78, 5) is 6.61. The van der Waals surface area contributed by atoms with E-state index in [0.29, 0.717) is 17.4 Å². The molecule has 0 aliphatic carbocycles. The van der Waals surface area contributed by atoms with Gasteiger partial charge in [0, 0.05) is 31.3 Å². The van der Waals surface area contributed by atoms with Crippen LogP contribution in [0.15, 0.2) is 30.5 Å². The number of hydrogen-bond acceptors (Lipinski definition) is 7. The Balaban J connectivity index is 1.51. The van der Waals surface area contributed by atoms with Crippen molar-refractivity contribution in [1.82, 2.24) is 24.8 Å². The minimum Gasteiger partial charge on any atom is -0.480 e. The number of piperidine rings is 1. The molecule has 0 atom stereocenters. The predicted octanol–water partition coefficient (Wildman–Crippen LogP) is 1.78. The Kier molecular flexibility index (Phi) is 3.90. The van der Waals surface area contributed by atoms with Gasteiger partial charge in [-0.05, 0) is 31.0 Å². The zero-order valence-electron chi connectivity index (χ0n) is 13.8. The lowest BCUT2D eigenvalue weighted by Crippen LogP contribution is -2.34. The van der Waals surface area contributed by atoms with Crippen molar-refractivity contribution >= 4 is 11.5 Å². The highest BCUT2D eigenvalue weighted by atomic mass is 16.5. The van der Waals surface area contributed by atoms with Crippen molar-refractivity contribution in [2.75, 3.05) is 25.1 Å². The second-order valence-corrected chi connectivity index (χ2v) is 5.98. The van der Waals surface area contributed by atoms with Gasteiger partial charge in [-0.1, -0.05) is 0 Å².